The SMILES string of the molecule is CC(C)(C)OC(=O)NC1CCCN(C(=O)Oc2ccc([N+](=O)[O-])cc2)C1. The van der Waals surface area contributed by atoms with E-state index in [0.29, 0.717) is 13.1 Å². The largest absolute Gasteiger partial charge is 0.444 e. The number of hydrogen-bond donors (Lipinski definition) is 1. The summed E-state index contributed by atoms with van der Waals surface area (Å²) in [7, 11) is 0. The van der Waals surface area contributed by atoms with E-state index in [0.717, 1.165) is 12.8 Å². The van der Waals surface area contributed by atoms with E-state index in [9.17, 15) is 19.7 Å². The molecule has 0 aromatic heterocycles. The topological polar surface area (TPSA) is 111 Å². The number of hydrogen-bond acceptors (Lipinski definition) is 6. The number of ether oxygens (including phenoxy) is 2. The molecule has 1 aliphatic heterocycles. The van der Waals surface area contributed by atoms with E-state index in [4.69, 9.17) is 9.47 Å². The number of piperidine rings is 1. The quantitative estimate of drug-likeness (QED) is 0.651. The Labute approximate surface area is 151 Å². The van der Waals surface area contributed by atoms with Gasteiger partial charge < -0.3 is 19.7 Å². The van der Waals surface area contributed by atoms with Crippen LogP contribution in [-0.4, -0.2) is 46.7 Å². The van der Waals surface area contributed by atoms with Crippen molar-refractivity contribution in [1.29, 1.82) is 0 Å². The summed E-state index contributed by atoms with van der Waals surface area (Å²) >= 11 is 0. The van der Waals surface area contributed by atoms with Crippen molar-refractivity contribution >= 4 is 17.9 Å². The van der Waals surface area contributed by atoms with Crippen molar-refractivity contribution in [3.05, 3.63) is 34.4 Å². The molecule has 9 heteroatoms. The Kier molecular flexibility index (Phi) is 6.01. The molecule has 0 radical (unpaired) electrons. The third-order valence-electron chi connectivity index (χ3n) is 3.65. The molecule has 0 spiro atoms. The monoisotopic (exact) mass is 365 g/mol. The van der Waals surface area contributed by atoms with Crippen LogP contribution in [0.4, 0.5) is 15.3 Å². The summed E-state index contributed by atoms with van der Waals surface area (Å²) < 4.78 is 10.5. The van der Waals surface area contributed by atoms with Crippen molar-refractivity contribution in [1.82, 2.24) is 10.2 Å². The molecule has 1 heterocycles. The number of benzene rings is 1. The summed E-state index contributed by atoms with van der Waals surface area (Å²) in [5.74, 6) is 0.225. The van der Waals surface area contributed by atoms with Gasteiger partial charge in [-0.05, 0) is 45.7 Å². The first-order chi connectivity index (χ1) is 12.1. The molecule has 1 N–H and O–H groups in total. The number of nitrogens with one attached hydrogen (secondary N) is 1. The zero-order valence-electron chi connectivity index (χ0n) is 15.1. The Morgan fingerprint density at radius 1 is 1.27 bits per heavy atom. The van der Waals surface area contributed by atoms with E-state index >= 15 is 0 Å². The summed E-state index contributed by atoms with van der Waals surface area (Å²) in [6.07, 6.45) is 0.374. The lowest BCUT2D eigenvalue weighted by atomic mass is 10.1. The van der Waals surface area contributed by atoms with Gasteiger partial charge in [-0.2, -0.15) is 0 Å². The first-order valence-electron chi connectivity index (χ1n) is 8.35. The Bertz CT molecular complexity index is 668. The van der Waals surface area contributed by atoms with Crippen molar-refractivity contribution in [2.45, 2.75) is 45.3 Å². The van der Waals surface area contributed by atoms with Crippen LogP contribution < -0.4 is 10.1 Å². The number of nitrogens with zero attached hydrogens (tertiary/aromatic N) is 2. The number of carbonyl (C=O) groups is 2. The molecule has 1 saturated heterocycles. The van der Waals surface area contributed by atoms with E-state index in [1.54, 1.807) is 20.8 Å². The molecular weight excluding hydrogens is 342 g/mol. The lowest BCUT2D eigenvalue weighted by molar-refractivity contribution is -0.384. The fraction of sp³-hybridized carbons (Fsp3) is 0.529. The second kappa shape index (κ2) is 8.03. The molecule has 1 aliphatic rings. The number of alkyl carbamates (subject to hydrolysis) is 1. The molecule has 0 saturated carbocycles. The van der Waals surface area contributed by atoms with Gasteiger partial charge in [0, 0.05) is 31.3 Å². The Morgan fingerprint density at radius 2 is 1.92 bits per heavy atom. The first kappa shape index (κ1) is 19.5. The van der Waals surface area contributed by atoms with Crippen LogP contribution in [0.3, 0.4) is 0 Å². The fourth-order valence-corrected chi connectivity index (χ4v) is 2.54. The van der Waals surface area contributed by atoms with E-state index in [-0.39, 0.29) is 17.5 Å². The van der Waals surface area contributed by atoms with Gasteiger partial charge in [0.05, 0.1) is 4.92 Å². The summed E-state index contributed by atoms with van der Waals surface area (Å²) in [5.41, 5.74) is -0.669. The van der Waals surface area contributed by atoms with Crippen LogP contribution in [0.25, 0.3) is 0 Å². The lowest BCUT2D eigenvalue weighted by Crippen LogP contribution is -2.51. The summed E-state index contributed by atoms with van der Waals surface area (Å²) in [6.45, 7) is 6.16. The van der Waals surface area contributed by atoms with Crippen molar-refractivity contribution in [3.63, 3.8) is 0 Å². The van der Waals surface area contributed by atoms with Gasteiger partial charge in [-0.1, -0.05) is 0 Å². The van der Waals surface area contributed by atoms with E-state index in [1.165, 1.54) is 29.2 Å². The minimum atomic E-state index is -0.590. The second-order valence-corrected chi connectivity index (χ2v) is 7.05. The van der Waals surface area contributed by atoms with Crippen LogP contribution >= 0.6 is 0 Å². The maximum Gasteiger partial charge on any atom is 0.415 e. The molecule has 1 atom stereocenters. The normalized spacial score (nSPS) is 17.3. The summed E-state index contributed by atoms with van der Waals surface area (Å²) in [5, 5.41) is 13.4. The molecule has 1 unspecified atom stereocenters. The number of non-ortho nitro benzene ring substituents is 1. The van der Waals surface area contributed by atoms with Crippen LogP contribution in [0, 0.1) is 10.1 Å². The first-order valence-corrected chi connectivity index (χ1v) is 8.35. The predicted molar refractivity (Wildman–Crippen MR) is 93.1 cm³/mol. The number of likely N-dealkylation sites (tertiary alicyclic amines) is 1. The van der Waals surface area contributed by atoms with Crippen LogP contribution in [0.1, 0.15) is 33.6 Å². The molecule has 0 aliphatic carbocycles. The third-order valence-corrected chi connectivity index (χ3v) is 3.65. The summed E-state index contributed by atoms with van der Waals surface area (Å²) in [4.78, 5) is 35.7. The average molecular weight is 365 g/mol. The van der Waals surface area contributed by atoms with Gasteiger partial charge >= 0.3 is 12.2 Å². The van der Waals surface area contributed by atoms with Gasteiger partial charge in [-0.25, -0.2) is 9.59 Å². The average Bonchev–Trinajstić information content (AvgIpc) is 2.53. The van der Waals surface area contributed by atoms with E-state index in [2.05, 4.69) is 5.32 Å². The molecule has 0 bridgehead atoms. The molecule has 1 aromatic carbocycles. The van der Waals surface area contributed by atoms with E-state index in [1.807, 2.05) is 0 Å². The van der Waals surface area contributed by atoms with Gasteiger partial charge in [0.1, 0.15) is 11.4 Å². The molecule has 1 aromatic rings. The minimum absolute atomic E-state index is 0.0793. The Morgan fingerprint density at radius 3 is 2.50 bits per heavy atom. The molecular formula is C17H23N3O6. The van der Waals surface area contributed by atoms with Gasteiger partial charge in [0.15, 0.2) is 0 Å². The number of rotatable bonds is 3. The highest BCUT2D eigenvalue weighted by atomic mass is 16.6. The summed E-state index contributed by atoms with van der Waals surface area (Å²) in [6, 6.07) is 5.06. The van der Waals surface area contributed by atoms with Crippen LogP contribution in [0.15, 0.2) is 24.3 Å². The van der Waals surface area contributed by atoms with Crippen LogP contribution in [-0.2, 0) is 4.74 Å². The molecule has 9 nitrogen and oxygen atoms in total. The highest BCUT2D eigenvalue weighted by molar-refractivity contribution is 5.71. The van der Waals surface area contributed by atoms with Crippen molar-refractivity contribution in [3.8, 4) is 5.75 Å². The van der Waals surface area contributed by atoms with Gasteiger partial charge in [0.25, 0.3) is 5.69 Å². The zero-order chi connectivity index (χ0) is 19.3. The van der Waals surface area contributed by atoms with Crippen LogP contribution in [0.2, 0.25) is 0 Å². The number of carbonyl (C=O) groups excluding carboxylic acids is 2. The van der Waals surface area contributed by atoms with Gasteiger partial charge in [-0.15, -0.1) is 0 Å². The van der Waals surface area contributed by atoms with Crippen molar-refractivity contribution in [2.24, 2.45) is 0 Å². The second-order valence-electron chi connectivity index (χ2n) is 7.05. The lowest BCUT2D eigenvalue weighted by Gasteiger charge is -2.32. The van der Waals surface area contributed by atoms with Gasteiger partial charge in [-0.3, -0.25) is 10.1 Å². The van der Waals surface area contributed by atoms with E-state index < -0.39 is 22.7 Å². The maximum atomic E-state index is 12.3. The zero-order valence-corrected chi connectivity index (χ0v) is 15.1. The van der Waals surface area contributed by atoms with Gasteiger partial charge in [0.2, 0.25) is 0 Å². The standard InChI is InChI=1S/C17H23N3O6/c1-17(2,3)26-15(21)18-12-5-4-10-19(11-12)16(22)25-14-8-6-13(7-9-14)20(23)24/h6-9,12H,4-5,10-11H2,1-3H3,(H,18,21). The highest BCUT2D eigenvalue weighted by Crippen LogP contribution is 2.19. The predicted octanol–water partition coefficient (Wildman–Crippen LogP) is 3.08. The van der Waals surface area contributed by atoms with Crippen molar-refractivity contribution < 1.29 is 24.0 Å². The van der Waals surface area contributed by atoms with Crippen LogP contribution in [0.5, 0.6) is 5.75 Å². The Balaban J connectivity index is 1.88. The number of nitro groups is 1. The van der Waals surface area contributed by atoms with Crippen molar-refractivity contribution in [2.75, 3.05) is 13.1 Å². The minimum Gasteiger partial charge on any atom is -0.444 e. The number of nitro benzene ring substituents is 1. The smallest absolute Gasteiger partial charge is 0.415 e. The maximum absolute atomic E-state index is 12.3. The number of amides is 2. The molecule has 2 rings (SSSR count). The molecule has 2 amide bonds. The molecule has 1 fully saturated rings. The highest BCUT2D eigenvalue weighted by Gasteiger charge is 2.27. The fourth-order valence-electron chi connectivity index (χ4n) is 2.54. The molecule has 26 heavy (non-hydrogen) atoms. The third kappa shape index (κ3) is 5.91. The Hall–Kier alpha value is -2.84. The molecule has 142 valence electrons.